The van der Waals surface area contributed by atoms with Crippen LogP contribution in [0.1, 0.15) is 72.8 Å². The van der Waals surface area contributed by atoms with Gasteiger partial charge in [0.25, 0.3) is 0 Å². The molecule has 0 saturated carbocycles. The van der Waals surface area contributed by atoms with Gasteiger partial charge in [0.2, 0.25) is 29.5 Å². The van der Waals surface area contributed by atoms with Crippen molar-refractivity contribution in [2.24, 2.45) is 17.8 Å². The zero-order chi connectivity index (χ0) is 33.4. The number of nitrogens with one attached hydrogen (secondary N) is 3. The number of likely N-dealkylation sites (N-methyl/N-ethyl adjacent to an activating group) is 2. The monoisotopic (exact) mass is 626 g/mol. The number of nitrogens with zero attached hydrogens (tertiary/aromatic N) is 3. The summed E-state index contributed by atoms with van der Waals surface area (Å²) in [6.07, 6.45) is 2.46. The second-order valence-electron chi connectivity index (χ2n) is 13.5. The third-order valence-electron chi connectivity index (χ3n) is 9.11. The van der Waals surface area contributed by atoms with Crippen LogP contribution in [0.5, 0.6) is 0 Å². The summed E-state index contributed by atoms with van der Waals surface area (Å²) in [6, 6.07) is 6.27. The highest BCUT2D eigenvalue weighted by atomic mass is 16.2. The summed E-state index contributed by atoms with van der Waals surface area (Å²) in [7, 11) is 3.32. The van der Waals surface area contributed by atoms with Gasteiger partial charge in [0.05, 0.1) is 6.04 Å². The van der Waals surface area contributed by atoms with E-state index in [1.54, 1.807) is 23.9 Å². The van der Waals surface area contributed by atoms with Gasteiger partial charge in [0.1, 0.15) is 24.2 Å². The fraction of sp³-hybridized carbons (Fsp3) is 0.676. The van der Waals surface area contributed by atoms with Crippen LogP contribution in [0.15, 0.2) is 30.3 Å². The number of carbonyl (C=O) groups excluding carboxylic acids is 5. The fourth-order valence-corrected chi connectivity index (χ4v) is 6.63. The molecule has 3 N–H and O–H groups in total. The Morgan fingerprint density at radius 1 is 0.822 bits per heavy atom. The maximum Gasteiger partial charge on any atom is 0.246 e. The van der Waals surface area contributed by atoms with Crippen molar-refractivity contribution in [3.63, 3.8) is 0 Å². The molecule has 2 fully saturated rings. The number of amides is 5. The first-order valence-electron chi connectivity index (χ1n) is 16.5. The lowest BCUT2D eigenvalue weighted by molar-refractivity contribution is -0.153. The first kappa shape index (κ1) is 36.0. The van der Waals surface area contributed by atoms with Gasteiger partial charge < -0.3 is 30.7 Å². The molecule has 45 heavy (non-hydrogen) atoms. The highest BCUT2D eigenvalue weighted by Crippen LogP contribution is 2.28. The topological polar surface area (TPSA) is 131 Å². The van der Waals surface area contributed by atoms with E-state index in [2.05, 4.69) is 16.0 Å². The molecule has 0 radical (unpaired) electrons. The standard InChI is InChI=1S/C34H54N6O5/c1-21(2)27(35-7)31(42)37-28(22(3)4)33(44)38(8)29(23(5)6)34(45)40-19-13-17-26(40)32(43)39-18-12-16-25(39)30(41)36-20-24-14-10-9-11-15-24/h9-11,14-15,21-23,25-29,35H,12-13,16-20H2,1-8H3,(H,36,41)(H,37,42)/t25-,26-,27-,28-,29-/m0/s1. The molecule has 1 aromatic carbocycles. The first-order valence-corrected chi connectivity index (χ1v) is 16.5. The van der Waals surface area contributed by atoms with Crippen molar-refractivity contribution >= 4 is 29.5 Å². The van der Waals surface area contributed by atoms with Gasteiger partial charge in [-0.25, -0.2) is 0 Å². The van der Waals surface area contributed by atoms with Gasteiger partial charge in [-0.1, -0.05) is 71.9 Å². The normalized spacial score (nSPS) is 20.3. The van der Waals surface area contributed by atoms with Crippen molar-refractivity contribution in [2.45, 2.75) is 104 Å². The summed E-state index contributed by atoms with van der Waals surface area (Å²) < 4.78 is 0. The van der Waals surface area contributed by atoms with Gasteiger partial charge in [-0.2, -0.15) is 0 Å². The van der Waals surface area contributed by atoms with Crippen LogP contribution in [0.4, 0.5) is 0 Å². The lowest BCUT2D eigenvalue weighted by Crippen LogP contribution is -2.61. The molecule has 2 saturated heterocycles. The summed E-state index contributed by atoms with van der Waals surface area (Å²) in [5.74, 6) is -1.73. The van der Waals surface area contributed by atoms with Crippen LogP contribution in [-0.4, -0.2) is 102 Å². The summed E-state index contributed by atoms with van der Waals surface area (Å²) in [4.78, 5) is 72.9. The molecule has 11 nitrogen and oxygen atoms in total. The maximum absolute atomic E-state index is 14.2. The molecule has 5 atom stereocenters. The maximum atomic E-state index is 14.2. The Morgan fingerprint density at radius 2 is 1.40 bits per heavy atom. The van der Waals surface area contributed by atoms with Gasteiger partial charge in [0.15, 0.2) is 0 Å². The van der Waals surface area contributed by atoms with E-state index in [9.17, 15) is 24.0 Å². The van der Waals surface area contributed by atoms with E-state index in [-0.39, 0.29) is 47.3 Å². The summed E-state index contributed by atoms with van der Waals surface area (Å²) in [5, 5.41) is 8.90. The van der Waals surface area contributed by atoms with Crippen molar-refractivity contribution in [3.05, 3.63) is 35.9 Å². The molecule has 0 unspecified atom stereocenters. The smallest absolute Gasteiger partial charge is 0.246 e. The Balaban J connectivity index is 1.74. The fourth-order valence-electron chi connectivity index (χ4n) is 6.63. The zero-order valence-electron chi connectivity index (χ0n) is 28.3. The number of benzene rings is 1. The second kappa shape index (κ2) is 16.2. The van der Waals surface area contributed by atoms with E-state index in [1.807, 2.05) is 71.9 Å². The average Bonchev–Trinajstić information content (AvgIpc) is 3.69. The van der Waals surface area contributed by atoms with Gasteiger partial charge in [-0.15, -0.1) is 0 Å². The van der Waals surface area contributed by atoms with E-state index in [0.29, 0.717) is 38.9 Å². The molecule has 1 aromatic rings. The minimum Gasteiger partial charge on any atom is -0.350 e. The molecular formula is C34H54N6O5. The molecule has 11 heteroatoms. The Bertz CT molecular complexity index is 1190. The van der Waals surface area contributed by atoms with Gasteiger partial charge in [-0.3, -0.25) is 24.0 Å². The van der Waals surface area contributed by atoms with Crippen LogP contribution in [-0.2, 0) is 30.5 Å². The number of carbonyl (C=O) groups is 5. The van der Waals surface area contributed by atoms with Crippen molar-refractivity contribution < 1.29 is 24.0 Å². The third-order valence-corrected chi connectivity index (χ3v) is 9.11. The molecule has 2 aliphatic heterocycles. The van der Waals surface area contributed by atoms with Gasteiger partial charge >= 0.3 is 0 Å². The number of hydrogen-bond donors (Lipinski definition) is 3. The molecule has 5 amide bonds. The van der Waals surface area contributed by atoms with Gasteiger partial charge in [0, 0.05) is 26.7 Å². The Hall–Kier alpha value is -3.47. The van der Waals surface area contributed by atoms with Crippen molar-refractivity contribution in [1.82, 2.24) is 30.7 Å². The predicted octanol–water partition coefficient (Wildman–Crippen LogP) is 2.15. The van der Waals surface area contributed by atoms with Crippen LogP contribution < -0.4 is 16.0 Å². The van der Waals surface area contributed by atoms with E-state index in [4.69, 9.17) is 0 Å². The van der Waals surface area contributed by atoms with Crippen LogP contribution in [0.2, 0.25) is 0 Å². The van der Waals surface area contributed by atoms with Crippen molar-refractivity contribution in [2.75, 3.05) is 27.2 Å². The molecule has 0 aromatic heterocycles. The SMILES string of the molecule is CN[C@H](C(=O)N[C@H](C(=O)N(C)[C@H](C(=O)N1CCC[C@H]1C(=O)N1CCC[C@H]1C(=O)NCc1ccccc1)C(C)C)C(C)C)C(C)C. The Labute approximate surface area is 268 Å². The average molecular weight is 627 g/mol. The largest absolute Gasteiger partial charge is 0.350 e. The van der Waals surface area contributed by atoms with E-state index in [1.165, 1.54) is 4.90 Å². The molecule has 3 rings (SSSR count). The number of likely N-dealkylation sites (tertiary alicyclic amines) is 2. The zero-order valence-corrected chi connectivity index (χ0v) is 28.3. The predicted molar refractivity (Wildman–Crippen MR) is 174 cm³/mol. The highest BCUT2D eigenvalue weighted by molar-refractivity contribution is 5.96. The van der Waals surface area contributed by atoms with Crippen LogP contribution in [0, 0.1) is 17.8 Å². The Morgan fingerprint density at radius 3 is 1.96 bits per heavy atom. The van der Waals surface area contributed by atoms with Crippen LogP contribution in [0.3, 0.4) is 0 Å². The van der Waals surface area contributed by atoms with Crippen LogP contribution >= 0.6 is 0 Å². The van der Waals surface area contributed by atoms with Crippen LogP contribution in [0.25, 0.3) is 0 Å². The third kappa shape index (κ3) is 8.62. The Kier molecular flexibility index (Phi) is 13.0. The van der Waals surface area contributed by atoms with E-state index < -0.39 is 30.2 Å². The van der Waals surface area contributed by atoms with Gasteiger partial charge in [-0.05, 0) is 56.0 Å². The quantitative estimate of drug-likeness (QED) is 0.308. The minimum atomic E-state index is -0.821. The summed E-state index contributed by atoms with van der Waals surface area (Å²) in [5.41, 5.74) is 0.980. The summed E-state index contributed by atoms with van der Waals surface area (Å²) >= 11 is 0. The molecular weight excluding hydrogens is 572 g/mol. The van der Waals surface area contributed by atoms with E-state index in [0.717, 1.165) is 12.0 Å². The first-order chi connectivity index (χ1) is 21.3. The van der Waals surface area contributed by atoms with Crippen molar-refractivity contribution in [3.8, 4) is 0 Å². The molecule has 2 aliphatic rings. The molecule has 2 heterocycles. The lowest BCUT2D eigenvalue weighted by atomic mass is 9.96. The van der Waals surface area contributed by atoms with E-state index >= 15 is 0 Å². The minimum absolute atomic E-state index is 0.0235. The number of hydrogen-bond acceptors (Lipinski definition) is 6. The number of rotatable bonds is 13. The summed E-state index contributed by atoms with van der Waals surface area (Å²) in [6.45, 7) is 12.6. The molecule has 250 valence electrons. The van der Waals surface area contributed by atoms with Crippen molar-refractivity contribution in [1.29, 1.82) is 0 Å². The molecule has 0 aliphatic carbocycles. The second-order valence-corrected chi connectivity index (χ2v) is 13.5. The molecule has 0 spiro atoms. The highest BCUT2D eigenvalue weighted by Gasteiger charge is 2.45. The molecule has 0 bridgehead atoms. The lowest BCUT2D eigenvalue weighted by Gasteiger charge is -2.38.